The monoisotopic (exact) mass is 406 g/mol. The third kappa shape index (κ3) is 3.93. The second kappa shape index (κ2) is 7.93. The van der Waals surface area contributed by atoms with Gasteiger partial charge in [0.1, 0.15) is 17.2 Å². The minimum absolute atomic E-state index is 0.201. The van der Waals surface area contributed by atoms with Crippen LogP contribution < -0.4 is 14.2 Å². The van der Waals surface area contributed by atoms with Gasteiger partial charge in [0, 0.05) is 16.5 Å². The van der Waals surface area contributed by atoms with E-state index in [1.807, 2.05) is 41.8 Å². The molecule has 1 aromatic heterocycles. The lowest BCUT2D eigenvalue weighted by molar-refractivity contribution is -0.133. The average molecular weight is 406 g/mol. The summed E-state index contributed by atoms with van der Waals surface area (Å²) in [6.07, 6.45) is 1.86. The lowest BCUT2D eigenvalue weighted by Gasteiger charge is -2.07. The van der Waals surface area contributed by atoms with Gasteiger partial charge in [-0.3, -0.25) is 9.59 Å². The highest BCUT2D eigenvalue weighted by atomic mass is 32.1. The summed E-state index contributed by atoms with van der Waals surface area (Å²) in [5.74, 6) is 1.02. The number of fused-ring (bicyclic) bond motifs is 1. The first kappa shape index (κ1) is 19.0. The van der Waals surface area contributed by atoms with Crippen molar-refractivity contribution in [3.05, 3.63) is 81.2 Å². The summed E-state index contributed by atoms with van der Waals surface area (Å²) in [4.78, 5) is 25.9. The van der Waals surface area contributed by atoms with E-state index < -0.39 is 0 Å². The number of aryl methyl sites for hydroxylation is 1. The third-order valence-electron chi connectivity index (χ3n) is 4.50. The van der Waals surface area contributed by atoms with Gasteiger partial charge in [0.2, 0.25) is 5.78 Å². The van der Waals surface area contributed by atoms with Gasteiger partial charge >= 0.3 is 5.97 Å². The fourth-order valence-corrected chi connectivity index (χ4v) is 3.88. The molecule has 2 aromatic carbocycles. The van der Waals surface area contributed by atoms with Gasteiger partial charge < -0.3 is 14.2 Å². The zero-order valence-corrected chi connectivity index (χ0v) is 16.7. The average Bonchev–Trinajstić information content (AvgIpc) is 3.30. The second-order valence-electron chi connectivity index (χ2n) is 6.53. The van der Waals surface area contributed by atoms with Crippen LogP contribution in [0.3, 0.4) is 0 Å². The van der Waals surface area contributed by atoms with E-state index in [4.69, 9.17) is 14.2 Å². The van der Waals surface area contributed by atoms with Crippen LogP contribution in [0.2, 0.25) is 0 Å². The van der Waals surface area contributed by atoms with Crippen molar-refractivity contribution in [1.29, 1.82) is 0 Å². The van der Waals surface area contributed by atoms with Crippen LogP contribution in [0.25, 0.3) is 6.08 Å². The van der Waals surface area contributed by atoms with Crippen molar-refractivity contribution in [2.75, 3.05) is 7.11 Å². The molecule has 0 aliphatic carbocycles. The zero-order chi connectivity index (χ0) is 20.4. The van der Waals surface area contributed by atoms with Crippen molar-refractivity contribution < 1.29 is 23.8 Å². The summed E-state index contributed by atoms with van der Waals surface area (Å²) in [6.45, 7) is 1.79. The molecule has 3 aromatic rings. The highest BCUT2D eigenvalue weighted by molar-refractivity contribution is 7.10. The van der Waals surface area contributed by atoms with Crippen LogP contribution in [0.15, 0.2) is 59.7 Å². The number of ketones is 1. The van der Waals surface area contributed by atoms with Gasteiger partial charge in [-0.2, -0.15) is 0 Å². The van der Waals surface area contributed by atoms with E-state index in [-0.39, 0.29) is 23.9 Å². The Kier molecular flexibility index (Phi) is 5.18. The smallest absolute Gasteiger partial charge is 0.316 e. The maximum atomic E-state index is 12.8. The molecule has 0 fully saturated rings. The fourth-order valence-electron chi connectivity index (χ4n) is 3.19. The van der Waals surface area contributed by atoms with Crippen molar-refractivity contribution in [2.24, 2.45) is 0 Å². The number of ether oxygens (including phenoxy) is 3. The van der Waals surface area contributed by atoms with Crippen molar-refractivity contribution in [3.63, 3.8) is 0 Å². The molecule has 0 unspecified atom stereocenters. The van der Waals surface area contributed by atoms with Gasteiger partial charge in [0.15, 0.2) is 5.76 Å². The Balaban J connectivity index is 1.58. The Hall–Kier alpha value is -3.38. The number of thiophene rings is 1. The summed E-state index contributed by atoms with van der Waals surface area (Å²) in [7, 11) is 1.57. The summed E-state index contributed by atoms with van der Waals surface area (Å²) in [5.41, 5.74) is 1.91. The standard InChI is InChI=1S/C23H18O5S/c1-14-10-16(27-21(24)13-17-7-5-9-29-17)12-19-22(14)23(25)20(28-19)11-15-6-3-4-8-18(15)26-2/h3-12H,13H2,1-2H3/b20-11-. The van der Waals surface area contributed by atoms with E-state index in [2.05, 4.69) is 0 Å². The Morgan fingerprint density at radius 1 is 1.17 bits per heavy atom. The summed E-state index contributed by atoms with van der Waals surface area (Å²) >= 11 is 1.50. The van der Waals surface area contributed by atoms with E-state index in [1.54, 1.807) is 32.2 Å². The van der Waals surface area contributed by atoms with Gasteiger partial charge in [-0.1, -0.05) is 24.3 Å². The maximum absolute atomic E-state index is 12.8. The number of benzene rings is 2. The minimum Gasteiger partial charge on any atom is -0.496 e. The topological polar surface area (TPSA) is 61.8 Å². The number of carbonyl (C=O) groups excluding carboxylic acids is 2. The largest absolute Gasteiger partial charge is 0.496 e. The molecule has 0 saturated heterocycles. The molecule has 0 radical (unpaired) electrons. The zero-order valence-electron chi connectivity index (χ0n) is 15.9. The SMILES string of the molecule is COc1ccccc1/C=C1\Oc2cc(OC(=O)Cc3cccs3)cc(C)c2C1=O. The first-order chi connectivity index (χ1) is 14.0. The number of rotatable bonds is 5. The molecule has 0 bridgehead atoms. The van der Waals surface area contributed by atoms with E-state index >= 15 is 0 Å². The van der Waals surface area contributed by atoms with Crippen LogP contribution in [0.4, 0.5) is 0 Å². The van der Waals surface area contributed by atoms with Gasteiger partial charge in [0.05, 0.1) is 19.1 Å². The number of hydrogen-bond donors (Lipinski definition) is 0. The molecule has 1 aliphatic heterocycles. The number of esters is 1. The van der Waals surface area contributed by atoms with Gasteiger partial charge in [0.25, 0.3) is 0 Å². The molecule has 2 heterocycles. The van der Waals surface area contributed by atoms with Crippen LogP contribution in [-0.4, -0.2) is 18.9 Å². The molecule has 4 rings (SSSR count). The Morgan fingerprint density at radius 3 is 2.76 bits per heavy atom. The van der Waals surface area contributed by atoms with E-state index in [9.17, 15) is 9.59 Å². The molecule has 0 spiro atoms. The Morgan fingerprint density at radius 2 is 2.00 bits per heavy atom. The third-order valence-corrected chi connectivity index (χ3v) is 5.38. The van der Waals surface area contributed by atoms with Crippen molar-refractivity contribution in [2.45, 2.75) is 13.3 Å². The van der Waals surface area contributed by atoms with E-state index in [1.165, 1.54) is 11.3 Å². The number of para-hydroxylation sites is 1. The van der Waals surface area contributed by atoms with Gasteiger partial charge in [-0.05, 0) is 42.1 Å². The predicted octanol–water partition coefficient (Wildman–Crippen LogP) is 4.83. The predicted molar refractivity (Wildman–Crippen MR) is 111 cm³/mol. The minimum atomic E-state index is -0.360. The van der Waals surface area contributed by atoms with E-state index in [0.717, 1.165) is 10.4 Å². The Bertz CT molecular complexity index is 1110. The molecule has 0 N–H and O–H groups in total. The summed E-state index contributed by atoms with van der Waals surface area (Å²) in [5, 5.41) is 1.91. The van der Waals surface area contributed by atoms with Gasteiger partial charge in [-0.15, -0.1) is 11.3 Å². The number of allylic oxidation sites excluding steroid dienone is 1. The molecular formula is C23H18O5S. The van der Waals surface area contributed by atoms with E-state index in [0.29, 0.717) is 28.4 Å². The first-order valence-corrected chi connectivity index (χ1v) is 9.88. The first-order valence-electron chi connectivity index (χ1n) is 9.00. The summed E-state index contributed by atoms with van der Waals surface area (Å²) < 4.78 is 16.6. The molecule has 1 aliphatic rings. The van der Waals surface area contributed by atoms with Crippen molar-refractivity contribution >= 4 is 29.2 Å². The van der Waals surface area contributed by atoms with Crippen LogP contribution >= 0.6 is 11.3 Å². The fraction of sp³-hybridized carbons (Fsp3) is 0.130. The molecule has 5 nitrogen and oxygen atoms in total. The molecular weight excluding hydrogens is 388 g/mol. The molecule has 146 valence electrons. The number of Topliss-reactive ketones (excluding diaryl/α,β-unsaturated/α-hetero) is 1. The quantitative estimate of drug-likeness (QED) is 0.345. The molecule has 0 saturated carbocycles. The highest BCUT2D eigenvalue weighted by Crippen LogP contribution is 2.38. The molecule has 0 amide bonds. The molecule has 29 heavy (non-hydrogen) atoms. The van der Waals surface area contributed by atoms with Crippen LogP contribution in [0.1, 0.15) is 26.4 Å². The lowest BCUT2D eigenvalue weighted by atomic mass is 10.0. The van der Waals surface area contributed by atoms with Crippen molar-refractivity contribution in [3.8, 4) is 17.2 Å². The van der Waals surface area contributed by atoms with Crippen LogP contribution in [0, 0.1) is 6.92 Å². The molecule has 0 atom stereocenters. The lowest BCUT2D eigenvalue weighted by Crippen LogP contribution is -2.10. The summed E-state index contributed by atoms with van der Waals surface area (Å²) in [6, 6.07) is 14.4. The Labute approximate surface area is 172 Å². The van der Waals surface area contributed by atoms with Crippen LogP contribution in [0.5, 0.6) is 17.2 Å². The highest BCUT2D eigenvalue weighted by Gasteiger charge is 2.30. The molecule has 6 heteroatoms. The maximum Gasteiger partial charge on any atom is 0.316 e. The van der Waals surface area contributed by atoms with Gasteiger partial charge in [-0.25, -0.2) is 0 Å². The number of hydrogen-bond acceptors (Lipinski definition) is 6. The van der Waals surface area contributed by atoms with Crippen molar-refractivity contribution in [1.82, 2.24) is 0 Å². The number of carbonyl (C=O) groups is 2. The normalized spacial score (nSPS) is 13.9. The number of methoxy groups -OCH3 is 1. The van der Waals surface area contributed by atoms with Crippen LogP contribution in [-0.2, 0) is 11.2 Å². The second-order valence-corrected chi connectivity index (χ2v) is 7.56.